The van der Waals surface area contributed by atoms with E-state index in [0.29, 0.717) is 6.61 Å². The predicted molar refractivity (Wildman–Crippen MR) is 67.5 cm³/mol. The summed E-state index contributed by atoms with van der Waals surface area (Å²) in [5, 5.41) is 0. The molecular weight excluding hydrogens is 218 g/mol. The van der Waals surface area contributed by atoms with Crippen molar-refractivity contribution in [3.05, 3.63) is 23.8 Å². The Morgan fingerprint density at radius 2 is 1.65 bits per heavy atom. The van der Waals surface area contributed by atoms with Crippen molar-refractivity contribution in [2.24, 2.45) is 5.73 Å². The molecule has 0 atom stereocenters. The lowest BCUT2D eigenvalue weighted by Gasteiger charge is -2.09. The van der Waals surface area contributed by atoms with E-state index < -0.39 is 0 Å². The van der Waals surface area contributed by atoms with Crippen molar-refractivity contribution in [2.45, 2.75) is 19.4 Å². The number of rotatable bonds is 8. The molecule has 4 nitrogen and oxygen atoms in total. The molecule has 0 unspecified atom stereocenters. The number of methoxy groups -OCH3 is 2. The number of hydrogen-bond acceptors (Lipinski definition) is 4. The third-order valence-corrected chi connectivity index (χ3v) is 2.42. The lowest BCUT2D eigenvalue weighted by Crippen LogP contribution is -2.02. The van der Waals surface area contributed by atoms with E-state index >= 15 is 0 Å². The van der Waals surface area contributed by atoms with Crippen molar-refractivity contribution >= 4 is 0 Å². The third-order valence-electron chi connectivity index (χ3n) is 2.42. The van der Waals surface area contributed by atoms with Crippen LogP contribution in [-0.4, -0.2) is 27.4 Å². The Kier molecular flexibility index (Phi) is 6.43. The van der Waals surface area contributed by atoms with E-state index in [4.69, 9.17) is 19.9 Å². The van der Waals surface area contributed by atoms with Gasteiger partial charge in [-0.2, -0.15) is 0 Å². The molecule has 0 heterocycles. The zero-order valence-corrected chi connectivity index (χ0v) is 10.6. The average Bonchev–Trinajstić information content (AvgIpc) is 2.38. The Hall–Kier alpha value is -1.26. The molecule has 0 aliphatic carbocycles. The van der Waals surface area contributed by atoms with E-state index in [2.05, 4.69) is 0 Å². The van der Waals surface area contributed by atoms with Crippen LogP contribution < -0.4 is 15.2 Å². The van der Waals surface area contributed by atoms with Crippen LogP contribution in [0.2, 0.25) is 0 Å². The van der Waals surface area contributed by atoms with E-state index in [0.717, 1.165) is 43.1 Å². The minimum Gasteiger partial charge on any atom is -0.497 e. The van der Waals surface area contributed by atoms with Gasteiger partial charge in [-0.15, -0.1) is 0 Å². The fraction of sp³-hybridized carbons (Fsp3) is 0.538. The van der Waals surface area contributed by atoms with Gasteiger partial charge in [-0.1, -0.05) is 0 Å². The Balaban J connectivity index is 2.46. The molecule has 1 aromatic carbocycles. The van der Waals surface area contributed by atoms with Gasteiger partial charge < -0.3 is 19.9 Å². The smallest absolute Gasteiger partial charge is 0.122 e. The zero-order valence-electron chi connectivity index (χ0n) is 10.6. The summed E-state index contributed by atoms with van der Waals surface area (Å²) in [6, 6.07) is 5.74. The molecule has 0 aromatic heterocycles. The molecule has 0 aliphatic rings. The van der Waals surface area contributed by atoms with Gasteiger partial charge in [0.2, 0.25) is 0 Å². The van der Waals surface area contributed by atoms with Gasteiger partial charge in [0.05, 0.1) is 20.8 Å². The maximum Gasteiger partial charge on any atom is 0.122 e. The normalized spacial score (nSPS) is 10.3. The molecule has 0 saturated heterocycles. The van der Waals surface area contributed by atoms with E-state index in [-0.39, 0.29) is 0 Å². The molecule has 0 aliphatic heterocycles. The molecule has 1 aromatic rings. The van der Waals surface area contributed by atoms with Crippen LogP contribution in [0.1, 0.15) is 18.4 Å². The topological polar surface area (TPSA) is 53.7 Å². The summed E-state index contributed by atoms with van der Waals surface area (Å²) in [6.45, 7) is 2.02. The summed E-state index contributed by atoms with van der Waals surface area (Å²) < 4.78 is 15.9. The molecule has 2 N–H and O–H groups in total. The van der Waals surface area contributed by atoms with Crippen molar-refractivity contribution in [1.82, 2.24) is 0 Å². The summed E-state index contributed by atoms with van der Waals surface area (Å²) in [4.78, 5) is 0. The van der Waals surface area contributed by atoms with Crippen LogP contribution in [0.25, 0.3) is 0 Å². The second-order valence-corrected chi connectivity index (χ2v) is 3.77. The molecule has 4 heteroatoms. The Bertz CT molecular complexity index is 306. The summed E-state index contributed by atoms with van der Waals surface area (Å²) >= 11 is 0. The highest BCUT2D eigenvalue weighted by Crippen LogP contribution is 2.22. The summed E-state index contributed by atoms with van der Waals surface area (Å²) in [5.41, 5.74) is 6.46. The highest BCUT2D eigenvalue weighted by Gasteiger charge is 2.01. The molecule has 96 valence electrons. The van der Waals surface area contributed by atoms with Crippen molar-refractivity contribution in [1.29, 1.82) is 0 Å². The van der Waals surface area contributed by atoms with Crippen molar-refractivity contribution in [2.75, 3.05) is 27.4 Å². The first-order valence-corrected chi connectivity index (χ1v) is 5.80. The Labute approximate surface area is 103 Å². The monoisotopic (exact) mass is 239 g/mol. The van der Waals surface area contributed by atoms with Crippen LogP contribution in [0.4, 0.5) is 0 Å². The average molecular weight is 239 g/mol. The SMILES string of the molecule is COc1cc(COCCCCN)cc(OC)c1. The van der Waals surface area contributed by atoms with Gasteiger partial charge in [-0.25, -0.2) is 0 Å². The molecule has 0 radical (unpaired) electrons. The number of hydrogen-bond donors (Lipinski definition) is 1. The molecule has 0 saturated carbocycles. The van der Waals surface area contributed by atoms with Crippen LogP contribution in [0, 0.1) is 0 Å². The van der Waals surface area contributed by atoms with Gasteiger partial charge in [0, 0.05) is 12.7 Å². The second kappa shape index (κ2) is 7.92. The van der Waals surface area contributed by atoms with E-state index in [1.807, 2.05) is 18.2 Å². The van der Waals surface area contributed by atoms with Gasteiger partial charge >= 0.3 is 0 Å². The van der Waals surface area contributed by atoms with Crippen LogP contribution in [0.15, 0.2) is 18.2 Å². The van der Waals surface area contributed by atoms with Crippen molar-refractivity contribution in [3.8, 4) is 11.5 Å². The van der Waals surface area contributed by atoms with Gasteiger partial charge in [0.15, 0.2) is 0 Å². The largest absolute Gasteiger partial charge is 0.497 e. The van der Waals surface area contributed by atoms with Gasteiger partial charge in [-0.3, -0.25) is 0 Å². The molecule has 1 rings (SSSR count). The van der Waals surface area contributed by atoms with Crippen LogP contribution in [-0.2, 0) is 11.3 Å². The third kappa shape index (κ3) is 5.06. The molecular formula is C13H21NO3. The number of benzene rings is 1. The van der Waals surface area contributed by atoms with Crippen molar-refractivity contribution in [3.63, 3.8) is 0 Å². The lowest BCUT2D eigenvalue weighted by atomic mass is 10.2. The number of unbranched alkanes of at least 4 members (excludes halogenated alkanes) is 1. The first-order chi connectivity index (χ1) is 8.30. The van der Waals surface area contributed by atoms with Crippen LogP contribution in [0.3, 0.4) is 0 Å². The van der Waals surface area contributed by atoms with Gasteiger partial charge in [0.1, 0.15) is 11.5 Å². The quantitative estimate of drug-likeness (QED) is 0.705. The van der Waals surface area contributed by atoms with E-state index in [9.17, 15) is 0 Å². The maximum absolute atomic E-state index is 5.55. The van der Waals surface area contributed by atoms with Gasteiger partial charge in [-0.05, 0) is 37.1 Å². The van der Waals surface area contributed by atoms with Crippen LogP contribution >= 0.6 is 0 Å². The predicted octanol–water partition coefficient (Wildman–Crippen LogP) is 1.96. The van der Waals surface area contributed by atoms with Crippen molar-refractivity contribution < 1.29 is 14.2 Å². The molecule has 0 amide bonds. The first-order valence-electron chi connectivity index (χ1n) is 5.80. The zero-order chi connectivity index (χ0) is 12.5. The fourth-order valence-electron chi connectivity index (χ4n) is 1.49. The molecule has 0 bridgehead atoms. The highest BCUT2D eigenvalue weighted by molar-refractivity contribution is 5.38. The van der Waals surface area contributed by atoms with E-state index in [1.165, 1.54) is 0 Å². The summed E-state index contributed by atoms with van der Waals surface area (Å²) in [6.07, 6.45) is 2.00. The summed E-state index contributed by atoms with van der Waals surface area (Å²) in [5.74, 6) is 1.56. The van der Waals surface area contributed by atoms with Crippen LogP contribution in [0.5, 0.6) is 11.5 Å². The standard InChI is InChI=1S/C13H21NO3/c1-15-12-7-11(8-13(9-12)16-2)10-17-6-4-3-5-14/h7-9H,3-6,10,14H2,1-2H3. The minimum atomic E-state index is 0.568. The van der Waals surface area contributed by atoms with E-state index in [1.54, 1.807) is 14.2 Å². The Morgan fingerprint density at radius 3 is 2.18 bits per heavy atom. The Morgan fingerprint density at radius 1 is 1.00 bits per heavy atom. The highest BCUT2D eigenvalue weighted by atomic mass is 16.5. The minimum absolute atomic E-state index is 0.568. The summed E-state index contributed by atoms with van der Waals surface area (Å²) in [7, 11) is 3.28. The molecule has 17 heavy (non-hydrogen) atoms. The first kappa shape index (κ1) is 13.8. The molecule has 0 fully saturated rings. The lowest BCUT2D eigenvalue weighted by molar-refractivity contribution is 0.117. The number of nitrogens with two attached hydrogens (primary N) is 1. The fourth-order valence-corrected chi connectivity index (χ4v) is 1.49. The second-order valence-electron chi connectivity index (χ2n) is 3.77. The molecule has 0 spiro atoms. The number of ether oxygens (including phenoxy) is 3. The van der Waals surface area contributed by atoms with Gasteiger partial charge in [0.25, 0.3) is 0 Å². The maximum atomic E-state index is 5.55.